The number of nitrogens with zero attached hydrogens (tertiary/aromatic N) is 1. The fourth-order valence-electron chi connectivity index (χ4n) is 2.77. The topological polar surface area (TPSA) is 24.5 Å². The average Bonchev–Trinajstić information content (AvgIpc) is 2.90. The van der Waals surface area contributed by atoms with Crippen LogP contribution < -0.4 is 5.32 Å². The number of nitrogens with one attached hydrogen (secondary N) is 1. The Kier molecular flexibility index (Phi) is 4.68. The van der Waals surface area contributed by atoms with Gasteiger partial charge in [-0.2, -0.15) is 0 Å². The summed E-state index contributed by atoms with van der Waals surface area (Å²) in [6.45, 7) is 7.94. The summed E-state index contributed by atoms with van der Waals surface area (Å²) in [6.07, 6.45) is 0. The second-order valence-electron chi connectivity index (χ2n) is 5.26. The maximum absolute atomic E-state index is 5.64. The molecule has 1 aliphatic rings. The van der Waals surface area contributed by atoms with E-state index in [4.69, 9.17) is 4.74 Å². The molecular formula is C16H22N2OS. The first-order chi connectivity index (χ1) is 9.88. The van der Waals surface area contributed by atoms with Crippen molar-refractivity contribution >= 4 is 21.4 Å². The summed E-state index contributed by atoms with van der Waals surface area (Å²) in [5.74, 6) is 0. The number of fused-ring (bicyclic) bond motifs is 1. The van der Waals surface area contributed by atoms with E-state index in [1.807, 2.05) is 11.3 Å². The van der Waals surface area contributed by atoms with E-state index in [-0.39, 0.29) is 0 Å². The summed E-state index contributed by atoms with van der Waals surface area (Å²) in [5.41, 5.74) is 1.45. The zero-order valence-corrected chi connectivity index (χ0v) is 12.8. The first kappa shape index (κ1) is 14.0. The molecule has 0 amide bonds. The molecule has 1 fully saturated rings. The second kappa shape index (κ2) is 6.68. The van der Waals surface area contributed by atoms with Crippen LogP contribution in [0.4, 0.5) is 0 Å². The lowest BCUT2D eigenvalue weighted by Crippen LogP contribution is -2.49. The lowest BCUT2D eigenvalue weighted by molar-refractivity contribution is -0.0105. The van der Waals surface area contributed by atoms with Gasteiger partial charge in [-0.15, -0.1) is 11.3 Å². The van der Waals surface area contributed by atoms with Gasteiger partial charge in [0.05, 0.1) is 13.2 Å². The van der Waals surface area contributed by atoms with Crippen LogP contribution in [-0.2, 0) is 11.3 Å². The number of morpholine rings is 1. The van der Waals surface area contributed by atoms with E-state index in [1.54, 1.807) is 0 Å². The summed E-state index contributed by atoms with van der Waals surface area (Å²) in [4.78, 5) is 2.56. The number of likely N-dealkylation sites (N-methyl/N-ethyl adjacent to an activating group) is 1. The van der Waals surface area contributed by atoms with Crippen molar-refractivity contribution in [1.82, 2.24) is 10.2 Å². The highest BCUT2D eigenvalue weighted by atomic mass is 32.1. The summed E-state index contributed by atoms with van der Waals surface area (Å²) in [7, 11) is 0. The minimum absolute atomic E-state index is 0.488. The minimum atomic E-state index is 0.488. The van der Waals surface area contributed by atoms with Gasteiger partial charge in [-0.3, -0.25) is 4.90 Å². The van der Waals surface area contributed by atoms with Crippen LogP contribution in [0.2, 0.25) is 0 Å². The molecule has 4 heteroatoms. The molecule has 2 heterocycles. The van der Waals surface area contributed by atoms with Crippen molar-refractivity contribution in [3.8, 4) is 0 Å². The van der Waals surface area contributed by atoms with Crippen molar-refractivity contribution < 1.29 is 4.74 Å². The standard InChI is InChI=1S/C16H22N2OS/c1-2-17-9-14-11-19-8-7-18(14)10-13-12-20-16-6-4-3-5-15(13)16/h3-6,12,14,17H,2,7-11H2,1H3. The van der Waals surface area contributed by atoms with Gasteiger partial charge in [0.2, 0.25) is 0 Å². The number of hydrogen-bond donors (Lipinski definition) is 1. The minimum Gasteiger partial charge on any atom is -0.378 e. The Hall–Kier alpha value is -0.940. The van der Waals surface area contributed by atoms with Crippen molar-refractivity contribution in [2.75, 3.05) is 32.8 Å². The molecule has 1 N–H and O–H groups in total. The molecule has 0 radical (unpaired) electrons. The molecule has 0 aliphatic carbocycles. The van der Waals surface area contributed by atoms with Gasteiger partial charge in [0.1, 0.15) is 0 Å². The van der Waals surface area contributed by atoms with Crippen LogP contribution in [0.3, 0.4) is 0 Å². The molecule has 108 valence electrons. The Morgan fingerprint density at radius 2 is 2.30 bits per heavy atom. The van der Waals surface area contributed by atoms with Crippen LogP contribution in [0.25, 0.3) is 10.1 Å². The van der Waals surface area contributed by atoms with E-state index in [0.29, 0.717) is 6.04 Å². The Labute approximate surface area is 124 Å². The zero-order chi connectivity index (χ0) is 13.8. The Bertz CT molecular complexity index is 554. The first-order valence-corrected chi connectivity index (χ1v) is 8.24. The second-order valence-corrected chi connectivity index (χ2v) is 6.18. The van der Waals surface area contributed by atoms with Crippen molar-refractivity contribution in [1.29, 1.82) is 0 Å². The normalized spacial score (nSPS) is 20.6. The van der Waals surface area contributed by atoms with Gasteiger partial charge in [-0.25, -0.2) is 0 Å². The van der Waals surface area contributed by atoms with Crippen LogP contribution in [0, 0.1) is 0 Å². The molecule has 1 aromatic carbocycles. The quantitative estimate of drug-likeness (QED) is 0.916. The third-order valence-electron chi connectivity index (χ3n) is 3.91. The van der Waals surface area contributed by atoms with Gasteiger partial charge in [0.15, 0.2) is 0 Å². The van der Waals surface area contributed by atoms with Crippen molar-refractivity contribution in [3.63, 3.8) is 0 Å². The Morgan fingerprint density at radius 3 is 3.20 bits per heavy atom. The van der Waals surface area contributed by atoms with Gasteiger partial charge in [0, 0.05) is 30.4 Å². The highest BCUT2D eigenvalue weighted by Crippen LogP contribution is 2.27. The van der Waals surface area contributed by atoms with E-state index in [1.165, 1.54) is 15.6 Å². The number of ether oxygens (including phenoxy) is 1. The third-order valence-corrected chi connectivity index (χ3v) is 4.93. The van der Waals surface area contributed by atoms with E-state index >= 15 is 0 Å². The van der Waals surface area contributed by atoms with Crippen LogP contribution in [0.15, 0.2) is 29.6 Å². The third kappa shape index (κ3) is 3.04. The Morgan fingerprint density at radius 1 is 1.40 bits per heavy atom. The fourth-order valence-corrected chi connectivity index (χ4v) is 3.72. The van der Waals surface area contributed by atoms with Gasteiger partial charge in [0.25, 0.3) is 0 Å². The lowest BCUT2D eigenvalue weighted by Gasteiger charge is -2.35. The molecule has 1 unspecified atom stereocenters. The largest absolute Gasteiger partial charge is 0.378 e. The van der Waals surface area contributed by atoms with Crippen LogP contribution >= 0.6 is 11.3 Å². The number of hydrogen-bond acceptors (Lipinski definition) is 4. The van der Waals surface area contributed by atoms with Crippen molar-refractivity contribution in [2.45, 2.75) is 19.5 Å². The molecule has 0 bridgehead atoms. The van der Waals surface area contributed by atoms with Gasteiger partial charge < -0.3 is 10.1 Å². The van der Waals surface area contributed by atoms with Crippen molar-refractivity contribution in [2.24, 2.45) is 0 Å². The van der Waals surface area contributed by atoms with E-state index in [0.717, 1.165) is 39.4 Å². The monoisotopic (exact) mass is 290 g/mol. The van der Waals surface area contributed by atoms with Gasteiger partial charge >= 0.3 is 0 Å². The highest BCUT2D eigenvalue weighted by molar-refractivity contribution is 7.17. The summed E-state index contributed by atoms with van der Waals surface area (Å²) < 4.78 is 7.02. The van der Waals surface area contributed by atoms with E-state index in [9.17, 15) is 0 Å². The van der Waals surface area contributed by atoms with Gasteiger partial charge in [-0.05, 0) is 28.9 Å². The van der Waals surface area contributed by atoms with Crippen LogP contribution in [-0.4, -0.2) is 43.8 Å². The molecule has 1 aromatic heterocycles. The molecular weight excluding hydrogens is 268 g/mol. The van der Waals surface area contributed by atoms with E-state index < -0.39 is 0 Å². The molecule has 3 nitrogen and oxygen atoms in total. The van der Waals surface area contributed by atoms with Crippen LogP contribution in [0.1, 0.15) is 12.5 Å². The fraction of sp³-hybridized carbons (Fsp3) is 0.500. The maximum Gasteiger partial charge on any atom is 0.0635 e. The molecule has 1 atom stereocenters. The van der Waals surface area contributed by atoms with Gasteiger partial charge in [-0.1, -0.05) is 25.1 Å². The number of benzene rings is 1. The first-order valence-electron chi connectivity index (χ1n) is 7.36. The molecule has 0 spiro atoms. The molecule has 20 heavy (non-hydrogen) atoms. The smallest absolute Gasteiger partial charge is 0.0635 e. The Balaban J connectivity index is 1.74. The average molecular weight is 290 g/mol. The summed E-state index contributed by atoms with van der Waals surface area (Å²) in [5, 5.41) is 7.16. The molecule has 1 aliphatic heterocycles. The number of thiophene rings is 1. The predicted octanol–water partition coefficient (Wildman–Crippen LogP) is 2.71. The summed E-state index contributed by atoms with van der Waals surface area (Å²) >= 11 is 1.85. The lowest BCUT2D eigenvalue weighted by atomic mass is 10.1. The molecule has 3 rings (SSSR count). The SMILES string of the molecule is CCNCC1COCCN1Cc1csc2ccccc12. The predicted molar refractivity (Wildman–Crippen MR) is 85.4 cm³/mol. The molecule has 1 saturated heterocycles. The van der Waals surface area contributed by atoms with Crippen molar-refractivity contribution in [3.05, 3.63) is 35.2 Å². The van der Waals surface area contributed by atoms with Crippen LogP contribution in [0.5, 0.6) is 0 Å². The number of rotatable bonds is 5. The maximum atomic E-state index is 5.64. The highest BCUT2D eigenvalue weighted by Gasteiger charge is 2.23. The zero-order valence-electron chi connectivity index (χ0n) is 12.0. The van der Waals surface area contributed by atoms with E-state index in [2.05, 4.69) is 46.8 Å². The summed E-state index contributed by atoms with van der Waals surface area (Å²) in [6, 6.07) is 9.18. The molecule has 0 saturated carbocycles. The molecule has 2 aromatic rings.